The predicted molar refractivity (Wildman–Crippen MR) is 91.8 cm³/mol. The van der Waals surface area contributed by atoms with Crippen LogP contribution in [0.1, 0.15) is 54.9 Å². The Kier molecular flexibility index (Phi) is 8.15. The van der Waals surface area contributed by atoms with Crippen molar-refractivity contribution >= 4 is 12.4 Å². The smallest absolute Gasteiger partial charge is 0.0624 e. The minimum Gasteiger partial charge on any atom is -0.265 e. The Morgan fingerprint density at radius 1 is 1.23 bits per heavy atom. The summed E-state index contributed by atoms with van der Waals surface area (Å²) in [6, 6.07) is 16.3. The number of benzene rings is 2. The molecule has 2 heteroatoms. The van der Waals surface area contributed by atoms with Crippen LogP contribution in [0.15, 0.2) is 41.4 Å². The molecule has 0 radical (unpaired) electrons. The summed E-state index contributed by atoms with van der Waals surface area (Å²) in [4.78, 5) is 4.06. The van der Waals surface area contributed by atoms with Gasteiger partial charge in [-0.3, -0.25) is 4.99 Å². The van der Waals surface area contributed by atoms with Gasteiger partial charge in [-0.15, -0.1) is 5.56 Å². The standard InChI is InChI=1S/C20H24N.U/c1-5-8-16-12-11-15(3)13-20(16)19(6-2)17-9-7-10-18(14-17)21-4;/h7,9-11,13-14,19H,4-6,8H2,1-3H3;/q-1;/t19-;/m0./s1. The molecule has 0 N–H and O–H groups in total. The van der Waals surface area contributed by atoms with Gasteiger partial charge in [-0.05, 0) is 30.3 Å². The van der Waals surface area contributed by atoms with E-state index in [0.717, 1.165) is 24.9 Å². The van der Waals surface area contributed by atoms with Crippen molar-refractivity contribution in [3.8, 4) is 0 Å². The van der Waals surface area contributed by atoms with E-state index in [2.05, 4.69) is 68.9 Å². The molecule has 0 amide bonds. The number of aryl methyl sites for hydroxylation is 2. The van der Waals surface area contributed by atoms with Crippen LogP contribution in [-0.2, 0) is 6.42 Å². The molecule has 22 heavy (non-hydrogen) atoms. The maximum Gasteiger partial charge on any atom is 0.0624 e. The predicted octanol–water partition coefficient (Wildman–Crippen LogP) is 5.62. The van der Waals surface area contributed by atoms with Gasteiger partial charge in [-0.1, -0.05) is 52.2 Å². The molecule has 0 aromatic heterocycles. The van der Waals surface area contributed by atoms with E-state index in [1.165, 1.54) is 22.3 Å². The summed E-state index contributed by atoms with van der Waals surface area (Å²) in [5, 5.41) is 0. The van der Waals surface area contributed by atoms with Crippen LogP contribution in [0.4, 0.5) is 5.69 Å². The SMILES string of the molecule is C=Nc1cccc([C@H](CC)c2cc(C)c[c-]c2CCC)c1.[U]. The molecule has 0 aliphatic heterocycles. The summed E-state index contributed by atoms with van der Waals surface area (Å²) >= 11 is 0. The van der Waals surface area contributed by atoms with Crippen LogP contribution in [0.25, 0.3) is 0 Å². The van der Waals surface area contributed by atoms with Crippen LogP contribution < -0.4 is 0 Å². The molecule has 1 atom stereocenters. The average Bonchev–Trinajstić information content (AvgIpc) is 2.51. The van der Waals surface area contributed by atoms with Gasteiger partial charge in [-0.25, -0.2) is 0 Å². The van der Waals surface area contributed by atoms with Gasteiger partial charge >= 0.3 is 0 Å². The summed E-state index contributed by atoms with van der Waals surface area (Å²) in [6.45, 7) is 10.2. The first-order chi connectivity index (χ1) is 10.2. The fourth-order valence-electron chi connectivity index (χ4n) is 2.91. The Balaban J connectivity index is 0.00000242. The maximum atomic E-state index is 4.06. The Morgan fingerprint density at radius 2 is 2.00 bits per heavy atom. The molecule has 2 aromatic carbocycles. The van der Waals surface area contributed by atoms with E-state index in [0.29, 0.717) is 5.92 Å². The molecule has 2 aromatic rings. The first-order valence-electron chi connectivity index (χ1n) is 7.77. The van der Waals surface area contributed by atoms with Gasteiger partial charge < -0.3 is 0 Å². The van der Waals surface area contributed by atoms with Crippen molar-refractivity contribution in [3.63, 3.8) is 0 Å². The van der Waals surface area contributed by atoms with Crippen molar-refractivity contribution < 1.29 is 31.1 Å². The number of rotatable bonds is 6. The second-order valence-electron chi connectivity index (χ2n) is 5.57. The molecule has 0 saturated heterocycles. The van der Waals surface area contributed by atoms with E-state index in [4.69, 9.17) is 0 Å². The molecular weight excluding hydrogens is 492 g/mol. The van der Waals surface area contributed by atoms with Crippen LogP contribution in [0, 0.1) is 44.1 Å². The third kappa shape index (κ3) is 4.58. The Morgan fingerprint density at radius 3 is 2.64 bits per heavy atom. The van der Waals surface area contributed by atoms with Gasteiger partial charge in [0.05, 0.1) is 5.69 Å². The van der Waals surface area contributed by atoms with Crippen LogP contribution in [0.3, 0.4) is 0 Å². The zero-order chi connectivity index (χ0) is 15.2. The van der Waals surface area contributed by atoms with Gasteiger partial charge in [-0.2, -0.15) is 29.3 Å². The fraction of sp³-hybridized carbons (Fsp3) is 0.350. The molecule has 1 nitrogen and oxygen atoms in total. The monoisotopic (exact) mass is 516 g/mol. The maximum absolute atomic E-state index is 4.06. The van der Waals surface area contributed by atoms with Gasteiger partial charge in [0, 0.05) is 31.1 Å². The summed E-state index contributed by atoms with van der Waals surface area (Å²) < 4.78 is 0. The van der Waals surface area contributed by atoms with Crippen molar-refractivity contribution in [2.75, 3.05) is 0 Å². The summed E-state index contributed by atoms with van der Waals surface area (Å²) in [7, 11) is 0. The molecular formula is C20H24NU-. The van der Waals surface area contributed by atoms with Crippen LogP contribution in [0.2, 0.25) is 0 Å². The first-order valence-corrected chi connectivity index (χ1v) is 7.77. The zero-order valence-electron chi connectivity index (χ0n) is 13.8. The van der Waals surface area contributed by atoms with Gasteiger partial charge in [0.15, 0.2) is 0 Å². The van der Waals surface area contributed by atoms with Crippen molar-refractivity contribution in [2.45, 2.75) is 46.0 Å². The Hall–Kier alpha value is -0.838. The van der Waals surface area contributed by atoms with Crippen molar-refractivity contribution in [3.05, 3.63) is 64.7 Å². The molecule has 0 bridgehead atoms. The fourth-order valence-corrected chi connectivity index (χ4v) is 2.91. The van der Waals surface area contributed by atoms with E-state index in [9.17, 15) is 0 Å². The van der Waals surface area contributed by atoms with Gasteiger partial charge in [0.25, 0.3) is 0 Å². The molecule has 0 aliphatic rings. The van der Waals surface area contributed by atoms with Crippen molar-refractivity contribution in [2.24, 2.45) is 4.99 Å². The molecule has 114 valence electrons. The number of hydrogen-bond donors (Lipinski definition) is 0. The number of hydrogen-bond acceptors (Lipinski definition) is 1. The molecule has 2 rings (SSSR count). The zero-order valence-corrected chi connectivity index (χ0v) is 18.0. The largest absolute Gasteiger partial charge is 0.265 e. The molecule has 0 fully saturated rings. The number of nitrogens with zero attached hydrogens (tertiary/aromatic N) is 1. The number of aliphatic imine (C=N–C) groups is 1. The van der Waals surface area contributed by atoms with E-state index >= 15 is 0 Å². The topological polar surface area (TPSA) is 12.4 Å². The van der Waals surface area contributed by atoms with Crippen molar-refractivity contribution in [1.82, 2.24) is 0 Å². The Labute approximate surface area is 158 Å². The first kappa shape index (κ1) is 19.2. The van der Waals surface area contributed by atoms with Crippen LogP contribution in [0.5, 0.6) is 0 Å². The van der Waals surface area contributed by atoms with Gasteiger partial charge in [0.2, 0.25) is 0 Å². The van der Waals surface area contributed by atoms with E-state index < -0.39 is 0 Å². The molecule has 0 unspecified atom stereocenters. The summed E-state index contributed by atoms with van der Waals surface area (Å²) in [6.07, 6.45) is 3.32. The second kappa shape index (κ2) is 9.33. The molecule has 0 saturated carbocycles. The second-order valence-corrected chi connectivity index (χ2v) is 5.57. The van der Waals surface area contributed by atoms with Gasteiger partial charge in [0.1, 0.15) is 0 Å². The third-order valence-corrected chi connectivity index (χ3v) is 3.94. The third-order valence-electron chi connectivity index (χ3n) is 3.94. The van der Waals surface area contributed by atoms with E-state index in [1.807, 2.05) is 6.07 Å². The quantitative estimate of drug-likeness (QED) is 0.349. The van der Waals surface area contributed by atoms with Crippen molar-refractivity contribution in [1.29, 1.82) is 0 Å². The van der Waals surface area contributed by atoms with Crippen LogP contribution in [-0.4, -0.2) is 6.72 Å². The average molecular weight is 516 g/mol. The van der Waals surface area contributed by atoms with E-state index in [1.54, 1.807) is 0 Å². The molecule has 0 heterocycles. The normalized spacial score (nSPS) is 11.6. The summed E-state index contributed by atoms with van der Waals surface area (Å²) in [5.41, 5.74) is 6.31. The molecule has 0 spiro atoms. The molecule has 0 aliphatic carbocycles. The summed E-state index contributed by atoms with van der Waals surface area (Å²) in [5.74, 6) is 0.407. The minimum atomic E-state index is 0. The van der Waals surface area contributed by atoms with E-state index in [-0.39, 0.29) is 31.1 Å². The Bertz CT molecular complexity index is 619. The van der Waals surface area contributed by atoms with Crippen LogP contribution >= 0.6 is 0 Å². The minimum absolute atomic E-state index is 0.